The highest BCUT2D eigenvalue weighted by atomic mass is 16.5. The van der Waals surface area contributed by atoms with Crippen LogP contribution in [0.15, 0.2) is 6.33 Å². The van der Waals surface area contributed by atoms with Crippen molar-refractivity contribution in [2.45, 2.75) is 26.3 Å². The van der Waals surface area contributed by atoms with Gasteiger partial charge in [-0.05, 0) is 33.9 Å². The van der Waals surface area contributed by atoms with Crippen LogP contribution in [0.1, 0.15) is 20.3 Å². The first-order valence-corrected chi connectivity index (χ1v) is 6.14. The minimum atomic E-state index is 0.356. The molecule has 3 N–H and O–H groups in total. The SMILES string of the molecule is COc1c(N)ncnc1NCCCN(C)C(C)C. The largest absolute Gasteiger partial charge is 0.490 e. The molecule has 0 atom stereocenters. The third-order valence-corrected chi connectivity index (χ3v) is 2.90. The van der Waals surface area contributed by atoms with Crippen molar-refractivity contribution in [2.75, 3.05) is 38.3 Å². The van der Waals surface area contributed by atoms with Crippen molar-refractivity contribution in [2.24, 2.45) is 0 Å². The van der Waals surface area contributed by atoms with E-state index in [-0.39, 0.29) is 0 Å². The first kappa shape index (κ1) is 14.5. The van der Waals surface area contributed by atoms with Crippen molar-refractivity contribution >= 4 is 11.6 Å². The lowest BCUT2D eigenvalue weighted by Crippen LogP contribution is -2.28. The second kappa shape index (κ2) is 7.00. The van der Waals surface area contributed by atoms with Crippen LogP contribution in [0.2, 0.25) is 0 Å². The lowest BCUT2D eigenvalue weighted by Gasteiger charge is -2.20. The molecule has 6 heteroatoms. The summed E-state index contributed by atoms with van der Waals surface area (Å²) in [5.41, 5.74) is 5.70. The van der Waals surface area contributed by atoms with Crippen LogP contribution in [0.25, 0.3) is 0 Å². The van der Waals surface area contributed by atoms with E-state index in [1.54, 1.807) is 7.11 Å². The van der Waals surface area contributed by atoms with Crippen LogP contribution in [0.3, 0.4) is 0 Å². The van der Waals surface area contributed by atoms with E-state index in [9.17, 15) is 0 Å². The summed E-state index contributed by atoms with van der Waals surface area (Å²) in [5.74, 6) is 1.52. The average molecular weight is 253 g/mol. The number of aromatic nitrogens is 2. The molecule has 0 aliphatic heterocycles. The highest BCUT2D eigenvalue weighted by Crippen LogP contribution is 2.25. The number of nitrogens with two attached hydrogens (primary N) is 1. The Morgan fingerprint density at radius 1 is 1.44 bits per heavy atom. The molecule has 1 aromatic heterocycles. The van der Waals surface area contributed by atoms with Gasteiger partial charge >= 0.3 is 0 Å². The summed E-state index contributed by atoms with van der Waals surface area (Å²) in [7, 11) is 3.68. The molecule has 0 saturated carbocycles. The van der Waals surface area contributed by atoms with E-state index in [2.05, 4.69) is 41.1 Å². The van der Waals surface area contributed by atoms with Crippen molar-refractivity contribution in [3.8, 4) is 5.75 Å². The zero-order valence-electron chi connectivity index (χ0n) is 11.6. The number of anilines is 2. The van der Waals surface area contributed by atoms with Crippen molar-refractivity contribution < 1.29 is 4.74 Å². The Kier molecular flexibility index (Phi) is 5.64. The maximum Gasteiger partial charge on any atom is 0.203 e. The number of nitrogens with one attached hydrogen (secondary N) is 1. The van der Waals surface area contributed by atoms with Gasteiger partial charge in [0.25, 0.3) is 0 Å². The number of nitrogen functional groups attached to an aromatic ring is 1. The Morgan fingerprint density at radius 3 is 2.78 bits per heavy atom. The maximum absolute atomic E-state index is 5.70. The second-order valence-corrected chi connectivity index (χ2v) is 4.50. The fraction of sp³-hybridized carbons (Fsp3) is 0.667. The van der Waals surface area contributed by atoms with Crippen LogP contribution in [0, 0.1) is 0 Å². The van der Waals surface area contributed by atoms with Gasteiger partial charge in [-0.1, -0.05) is 0 Å². The van der Waals surface area contributed by atoms with Crippen LogP contribution >= 0.6 is 0 Å². The van der Waals surface area contributed by atoms with Crippen molar-refractivity contribution in [3.63, 3.8) is 0 Å². The highest BCUT2D eigenvalue weighted by Gasteiger charge is 2.08. The van der Waals surface area contributed by atoms with Gasteiger partial charge in [-0.2, -0.15) is 0 Å². The zero-order chi connectivity index (χ0) is 13.5. The predicted molar refractivity (Wildman–Crippen MR) is 73.9 cm³/mol. The summed E-state index contributed by atoms with van der Waals surface area (Å²) in [5, 5.41) is 3.22. The molecule has 0 radical (unpaired) electrons. The van der Waals surface area contributed by atoms with Crippen LogP contribution in [0.5, 0.6) is 5.75 Å². The molecule has 6 nitrogen and oxygen atoms in total. The Labute approximate surface area is 109 Å². The number of hydrogen-bond donors (Lipinski definition) is 2. The van der Waals surface area contributed by atoms with Crippen molar-refractivity contribution in [1.82, 2.24) is 14.9 Å². The Bertz CT molecular complexity index is 369. The van der Waals surface area contributed by atoms with E-state index in [0.717, 1.165) is 19.5 Å². The summed E-state index contributed by atoms with van der Waals surface area (Å²) in [4.78, 5) is 10.3. The smallest absolute Gasteiger partial charge is 0.203 e. The average Bonchev–Trinajstić information content (AvgIpc) is 2.34. The summed E-state index contributed by atoms with van der Waals surface area (Å²) < 4.78 is 5.17. The normalized spacial score (nSPS) is 11.0. The van der Waals surface area contributed by atoms with Gasteiger partial charge in [-0.25, -0.2) is 9.97 Å². The molecule has 1 aromatic rings. The maximum atomic E-state index is 5.70. The van der Waals surface area contributed by atoms with E-state index in [0.29, 0.717) is 23.4 Å². The van der Waals surface area contributed by atoms with Gasteiger partial charge in [0.2, 0.25) is 5.75 Å². The Balaban J connectivity index is 2.42. The van der Waals surface area contributed by atoms with E-state index in [1.165, 1.54) is 6.33 Å². The molecule has 1 heterocycles. The number of nitrogens with zero attached hydrogens (tertiary/aromatic N) is 3. The molecule has 0 aromatic carbocycles. The van der Waals surface area contributed by atoms with E-state index in [4.69, 9.17) is 10.5 Å². The summed E-state index contributed by atoms with van der Waals surface area (Å²) in [6, 6.07) is 0.564. The standard InChI is InChI=1S/C12H23N5O/c1-9(2)17(3)7-5-6-14-12-10(18-4)11(13)15-8-16-12/h8-9H,5-7H2,1-4H3,(H3,13,14,15,16). The fourth-order valence-electron chi connectivity index (χ4n) is 1.51. The molecule has 0 aliphatic rings. The topological polar surface area (TPSA) is 76.3 Å². The molecule has 0 amide bonds. The molecule has 1 rings (SSSR count). The Morgan fingerprint density at radius 2 is 2.17 bits per heavy atom. The number of rotatable bonds is 7. The molecule has 102 valence electrons. The summed E-state index contributed by atoms with van der Waals surface area (Å²) in [6.45, 7) is 6.22. The van der Waals surface area contributed by atoms with Gasteiger partial charge in [0, 0.05) is 12.6 Å². The van der Waals surface area contributed by atoms with E-state index >= 15 is 0 Å². The molecule has 0 saturated heterocycles. The third-order valence-electron chi connectivity index (χ3n) is 2.90. The summed E-state index contributed by atoms with van der Waals surface area (Å²) in [6.07, 6.45) is 2.46. The van der Waals surface area contributed by atoms with Crippen molar-refractivity contribution in [1.29, 1.82) is 0 Å². The van der Waals surface area contributed by atoms with Crippen LogP contribution in [-0.2, 0) is 0 Å². The summed E-state index contributed by atoms with van der Waals surface area (Å²) >= 11 is 0. The second-order valence-electron chi connectivity index (χ2n) is 4.50. The van der Waals surface area contributed by atoms with Gasteiger partial charge in [0.05, 0.1) is 7.11 Å². The molecular weight excluding hydrogens is 230 g/mol. The van der Waals surface area contributed by atoms with E-state index in [1.807, 2.05) is 0 Å². The Hall–Kier alpha value is -1.56. The van der Waals surface area contributed by atoms with Gasteiger partial charge in [0.1, 0.15) is 6.33 Å². The number of methoxy groups -OCH3 is 1. The van der Waals surface area contributed by atoms with Gasteiger partial charge < -0.3 is 20.7 Å². The van der Waals surface area contributed by atoms with E-state index < -0.39 is 0 Å². The van der Waals surface area contributed by atoms with Gasteiger partial charge in [0.15, 0.2) is 11.6 Å². The third kappa shape index (κ3) is 4.03. The van der Waals surface area contributed by atoms with Crippen LogP contribution in [-0.4, -0.2) is 48.2 Å². The quantitative estimate of drug-likeness (QED) is 0.711. The first-order valence-electron chi connectivity index (χ1n) is 6.14. The lowest BCUT2D eigenvalue weighted by molar-refractivity contribution is 0.273. The molecular formula is C12H23N5O. The first-order chi connectivity index (χ1) is 8.56. The lowest BCUT2D eigenvalue weighted by atomic mass is 10.3. The van der Waals surface area contributed by atoms with Crippen LogP contribution < -0.4 is 15.8 Å². The molecule has 0 bridgehead atoms. The van der Waals surface area contributed by atoms with Gasteiger partial charge in [-0.3, -0.25) is 0 Å². The number of hydrogen-bond acceptors (Lipinski definition) is 6. The monoisotopic (exact) mass is 253 g/mol. The van der Waals surface area contributed by atoms with Crippen molar-refractivity contribution in [3.05, 3.63) is 6.33 Å². The molecule has 0 aliphatic carbocycles. The van der Waals surface area contributed by atoms with Gasteiger partial charge in [-0.15, -0.1) is 0 Å². The number of ether oxygens (including phenoxy) is 1. The zero-order valence-corrected chi connectivity index (χ0v) is 11.6. The molecule has 0 unspecified atom stereocenters. The minimum Gasteiger partial charge on any atom is -0.490 e. The minimum absolute atomic E-state index is 0.356. The predicted octanol–water partition coefficient (Wildman–Crippen LogP) is 1.21. The highest BCUT2D eigenvalue weighted by molar-refractivity contribution is 5.61. The van der Waals surface area contributed by atoms with Crippen LogP contribution in [0.4, 0.5) is 11.6 Å². The fourth-order valence-corrected chi connectivity index (χ4v) is 1.51. The molecule has 18 heavy (non-hydrogen) atoms. The molecule has 0 spiro atoms. The molecule has 0 fully saturated rings.